The van der Waals surface area contributed by atoms with Gasteiger partial charge in [0, 0.05) is 16.6 Å². The third kappa shape index (κ3) is 1.86. The number of aromatic hydroxyl groups is 1. The van der Waals surface area contributed by atoms with E-state index in [0.717, 1.165) is 16.5 Å². The first-order valence-corrected chi connectivity index (χ1v) is 5.22. The molecule has 0 unspecified atom stereocenters. The van der Waals surface area contributed by atoms with Crippen molar-refractivity contribution in [3.63, 3.8) is 0 Å². The number of halogens is 1. The van der Waals surface area contributed by atoms with Crippen LogP contribution in [0.3, 0.4) is 0 Å². The van der Waals surface area contributed by atoms with Gasteiger partial charge in [0.25, 0.3) is 0 Å². The molecule has 0 amide bonds. The summed E-state index contributed by atoms with van der Waals surface area (Å²) < 4.78 is 5.93. The SMILES string of the molecule is CCc1cc(OC)c(O)c(CN)c1Br. The second-order valence-corrected chi connectivity index (χ2v) is 3.73. The van der Waals surface area contributed by atoms with E-state index in [2.05, 4.69) is 15.9 Å². The summed E-state index contributed by atoms with van der Waals surface area (Å²) in [5, 5.41) is 9.75. The van der Waals surface area contributed by atoms with E-state index < -0.39 is 0 Å². The van der Waals surface area contributed by atoms with E-state index >= 15 is 0 Å². The van der Waals surface area contributed by atoms with E-state index in [9.17, 15) is 5.11 Å². The zero-order chi connectivity index (χ0) is 10.7. The minimum absolute atomic E-state index is 0.124. The Balaban J connectivity index is 3.39. The largest absolute Gasteiger partial charge is 0.504 e. The molecule has 78 valence electrons. The number of methoxy groups -OCH3 is 1. The summed E-state index contributed by atoms with van der Waals surface area (Å²) in [5.74, 6) is 0.601. The Morgan fingerprint density at radius 3 is 2.64 bits per heavy atom. The Kier molecular flexibility index (Phi) is 3.77. The van der Waals surface area contributed by atoms with Crippen LogP contribution in [0.4, 0.5) is 0 Å². The van der Waals surface area contributed by atoms with E-state index in [0.29, 0.717) is 11.3 Å². The van der Waals surface area contributed by atoms with E-state index in [1.807, 2.05) is 13.0 Å². The number of aryl methyl sites for hydroxylation is 1. The quantitative estimate of drug-likeness (QED) is 0.875. The summed E-state index contributed by atoms with van der Waals surface area (Å²) in [5.41, 5.74) is 7.33. The molecule has 1 aromatic rings. The molecule has 0 atom stereocenters. The van der Waals surface area contributed by atoms with Gasteiger partial charge in [-0.2, -0.15) is 0 Å². The van der Waals surface area contributed by atoms with Crippen molar-refractivity contribution in [1.82, 2.24) is 0 Å². The summed E-state index contributed by atoms with van der Waals surface area (Å²) in [4.78, 5) is 0. The predicted molar refractivity (Wildman–Crippen MR) is 59.6 cm³/mol. The summed E-state index contributed by atoms with van der Waals surface area (Å²) in [6, 6.07) is 1.82. The third-order valence-electron chi connectivity index (χ3n) is 2.18. The zero-order valence-electron chi connectivity index (χ0n) is 8.30. The van der Waals surface area contributed by atoms with Gasteiger partial charge in [0.05, 0.1) is 7.11 Å². The van der Waals surface area contributed by atoms with Gasteiger partial charge in [-0.15, -0.1) is 0 Å². The predicted octanol–water partition coefficient (Wildman–Crippen LogP) is 2.18. The Hall–Kier alpha value is -0.740. The number of nitrogens with two attached hydrogens (primary N) is 1. The Morgan fingerprint density at radius 2 is 2.21 bits per heavy atom. The van der Waals surface area contributed by atoms with Crippen molar-refractivity contribution in [3.8, 4) is 11.5 Å². The highest BCUT2D eigenvalue weighted by Crippen LogP contribution is 2.37. The normalized spacial score (nSPS) is 10.3. The average molecular weight is 260 g/mol. The molecule has 0 saturated heterocycles. The van der Waals surface area contributed by atoms with Crippen molar-refractivity contribution >= 4 is 15.9 Å². The molecule has 1 aromatic carbocycles. The maximum absolute atomic E-state index is 9.75. The Morgan fingerprint density at radius 1 is 1.57 bits per heavy atom. The molecule has 3 N–H and O–H groups in total. The van der Waals surface area contributed by atoms with Crippen LogP contribution in [0, 0.1) is 0 Å². The third-order valence-corrected chi connectivity index (χ3v) is 3.16. The molecule has 0 aromatic heterocycles. The number of hydrogen-bond donors (Lipinski definition) is 2. The van der Waals surface area contributed by atoms with Crippen molar-refractivity contribution in [3.05, 3.63) is 21.7 Å². The maximum atomic E-state index is 9.75. The molecule has 0 bridgehead atoms. The molecule has 4 heteroatoms. The first-order chi connectivity index (χ1) is 6.65. The molecule has 0 saturated carbocycles. The standard InChI is InChI=1S/C10H14BrNO2/c1-3-6-4-8(14-2)10(13)7(5-12)9(6)11/h4,13H,3,5,12H2,1-2H3. The van der Waals surface area contributed by atoms with E-state index in [4.69, 9.17) is 10.5 Å². The number of phenols is 1. The molecule has 0 aliphatic carbocycles. The summed E-state index contributed by atoms with van der Waals surface area (Å²) >= 11 is 3.42. The van der Waals surface area contributed by atoms with Gasteiger partial charge >= 0.3 is 0 Å². The lowest BCUT2D eigenvalue weighted by molar-refractivity contribution is 0.370. The van der Waals surface area contributed by atoms with Crippen LogP contribution in [0.2, 0.25) is 0 Å². The van der Waals surface area contributed by atoms with Crippen LogP contribution in [-0.4, -0.2) is 12.2 Å². The highest BCUT2D eigenvalue weighted by molar-refractivity contribution is 9.10. The van der Waals surface area contributed by atoms with Gasteiger partial charge in [-0.05, 0) is 18.1 Å². The van der Waals surface area contributed by atoms with Crippen LogP contribution < -0.4 is 10.5 Å². The molecule has 3 nitrogen and oxygen atoms in total. The molecule has 1 rings (SSSR count). The van der Waals surface area contributed by atoms with E-state index in [-0.39, 0.29) is 12.3 Å². The lowest BCUT2D eigenvalue weighted by atomic mass is 10.1. The fourth-order valence-electron chi connectivity index (χ4n) is 1.34. The molecule has 0 aliphatic heterocycles. The van der Waals surface area contributed by atoms with Crippen LogP contribution >= 0.6 is 15.9 Å². The molecule has 0 heterocycles. The second-order valence-electron chi connectivity index (χ2n) is 2.94. The minimum atomic E-state index is 0.124. The highest BCUT2D eigenvalue weighted by atomic mass is 79.9. The summed E-state index contributed by atoms with van der Waals surface area (Å²) in [6.07, 6.45) is 0.865. The Labute approximate surface area is 92.0 Å². The topological polar surface area (TPSA) is 55.5 Å². The second kappa shape index (κ2) is 4.66. The number of benzene rings is 1. The van der Waals surface area contributed by atoms with Gasteiger partial charge in [0.1, 0.15) is 0 Å². The molecule has 0 radical (unpaired) electrons. The van der Waals surface area contributed by atoms with E-state index in [1.165, 1.54) is 7.11 Å². The van der Waals surface area contributed by atoms with Crippen LogP contribution in [0.1, 0.15) is 18.1 Å². The molecular weight excluding hydrogens is 246 g/mol. The first kappa shape index (κ1) is 11.3. The van der Waals surface area contributed by atoms with Gasteiger partial charge in [-0.1, -0.05) is 22.9 Å². The van der Waals surface area contributed by atoms with Crippen molar-refractivity contribution in [2.45, 2.75) is 19.9 Å². The molecule has 0 fully saturated rings. The van der Waals surface area contributed by atoms with Crippen LogP contribution in [-0.2, 0) is 13.0 Å². The van der Waals surface area contributed by atoms with Gasteiger partial charge in [0.15, 0.2) is 11.5 Å². The number of hydrogen-bond acceptors (Lipinski definition) is 3. The van der Waals surface area contributed by atoms with E-state index in [1.54, 1.807) is 0 Å². The lowest BCUT2D eigenvalue weighted by Crippen LogP contribution is -2.01. The van der Waals surface area contributed by atoms with Crippen molar-refractivity contribution in [2.75, 3.05) is 7.11 Å². The Bertz CT molecular complexity index is 311. The maximum Gasteiger partial charge on any atom is 0.163 e. The molecule has 0 aliphatic rings. The van der Waals surface area contributed by atoms with Crippen LogP contribution in [0.15, 0.2) is 10.5 Å². The highest BCUT2D eigenvalue weighted by Gasteiger charge is 2.14. The molecule has 14 heavy (non-hydrogen) atoms. The van der Waals surface area contributed by atoms with Gasteiger partial charge in [-0.25, -0.2) is 0 Å². The van der Waals surface area contributed by atoms with Crippen LogP contribution in [0.25, 0.3) is 0 Å². The smallest absolute Gasteiger partial charge is 0.163 e. The van der Waals surface area contributed by atoms with Gasteiger partial charge < -0.3 is 15.6 Å². The fourth-order valence-corrected chi connectivity index (χ4v) is 2.08. The monoisotopic (exact) mass is 259 g/mol. The number of rotatable bonds is 3. The number of phenolic OH excluding ortho intramolecular Hbond substituents is 1. The zero-order valence-corrected chi connectivity index (χ0v) is 9.89. The van der Waals surface area contributed by atoms with Gasteiger partial charge in [-0.3, -0.25) is 0 Å². The van der Waals surface area contributed by atoms with Crippen LogP contribution in [0.5, 0.6) is 11.5 Å². The number of ether oxygens (including phenoxy) is 1. The molecular formula is C10H14BrNO2. The summed E-state index contributed by atoms with van der Waals surface area (Å²) in [6.45, 7) is 2.33. The minimum Gasteiger partial charge on any atom is -0.504 e. The lowest BCUT2D eigenvalue weighted by Gasteiger charge is -2.13. The first-order valence-electron chi connectivity index (χ1n) is 4.42. The van der Waals surface area contributed by atoms with Crippen molar-refractivity contribution < 1.29 is 9.84 Å². The molecule has 0 spiro atoms. The van der Waals surface area contributed by atoms with Gasteiger partial charge in [0.2, 0.25) is 0 Å². The summed E-state index contributed by atoms with van der Waals surface area (Å²) in [7, 11) is 1.53. The van der Waals surface area contributed by atoms with Crippen molar-refractivity contribution in [2.24, 2.45) is 5.73 Å². The average Bonchev–Trinajstić information content (AvgIpc) is 2.19. The fraction of sp³-hybridized carbons (Fsp3) is 0.400. The van der Waals surface area contributed by atoms with Crippen molar-refractivity contribution in [1.29, 1.82) is 0 Å².